The molecule has 3 fully saturated rings. The van der Waals surface area contributed by atoms with Crippen LogP contribution >= 0.6 is 22.9 Å². The van der Waals surface area contributed by atoms with Crippen molar-refractivity contribution in [3.05, 3.63) is 45.1 Å². The zero-order valence-electron chi connectivity index (χ0n) is 14.5. The minimum absolute atomic E-state index is 0.000764. The van der Waals surface area contributed by atoms with Crippen LogP contribution in [0.4, 0.5) is 4.39 Å². The Morgan fingerprint density at radius 3 is 2.63 bits per heavy atom. The van der Waals surface area contributed by atoms with Crippen LogP contribution in [-0.2, 0) is 4.79 Å². The average Bonchev–Trinajstić information content (AvgIpc) is 2.99. The number of hydrogen-bond acceptors (Lipinski definition) is 5. The van der Waals surface area contributed by atoms with Gasteiger partial charge in [-0.1, -0.05) is 11.6 Å². The molecule has 1 aromatic heterocycles. The molecule has 27 heavy (non-hydrogen) atoms. The zero-order chi connectivity index (χ0) is 19.2. The number of thiazole rings is 1. The molecule has 2 amide bonds. The third-order valence-electron chi connectivity index (χ3n) is 4.93. The molecule has 0 saturated heterocycles. The topological polar surface area (TPSA) is 80.3 Å². The van der Waals surface area contributed by atoms with Crippen LogP contribution in [0.1, 0.15) is 34.8 Å². The van der Waals surface area contributed by atoms with Gasteiger partial charge >= 0.3 is 0 Å². The molecule has 1 heterocycles. The Balaban J connectivity index is 1.23. The molecule has 3 aliphatic rings. The number of nitrogens with one attached hydrogen (secondary N) is 2. The second-order valence-corrected chi connectivity index (χ2v) is 8.68. The molecule has 0 aliphatic heterocycles. The maximum atomic E-state index is 13.4. The van der Waals surface area contributed by atoms with E-state index in [-0.39, 0.29) is 40.3 Å². The van der Waals surface area contributed by atoms with E-state index in [1.165, 1.54) is 23.5 Å². The van der Waals surface area contributed by atoms with Crippen molar-refractivity contribution >= 4 is 34.8 Å². The molecule has 142 valence electrons. The van der Waals surface area contributed by atoms with Gasteiger partial charge in [0.25, 0.3) is 11.8 Å². The van der Waals surface area contributed by atoms with Gasteiger partial charge in [0.1, 0.15) is 17.3 Å². The van der Waals surface area contributed by atoms with Crippen LogP contribution in [0, 0.1) is 12.7 Å². The summed E-state index contributed by atoms with van der Waals surface area (Å²) >= 11 is 7.04. The van der Waals surface area contributed by atoms with Gasteiger partial charge in [-0.05, 0) is 38.3 Å². The van der Waals surface area contributed by atoms with Gasteiger partial charge in [-0.2, -0.15) is 0 Å². The van der Waals surface area contributed by atoms with Crippen molar-refractivity contribution in [1.82, 2.24) is 15.6 Å². The monoisotopic (exact) mass is 409 g/mol. The van der Waals surface area contributed by atoms with E-state index < -0.39 is 5.82 Å². The standard InChI is InChI=1S/C18H17ClFN3O3S/c1-10-21-14(6-27-10)16(25)23-18-7-17(8-18,9-18)22-15(24)5-26-11-2-3-12(19)13(20)4-11/h2-4,6H,5,7-9H2,1H3,(H,22,24)(H,23,25). The minimum Gasteiger partial charge on any atom is -0.484 e. The molecule has 0 atom stereocenters. The number of halogens is 2. The molecule has 5 rings (SSSR count). The van der Waals surface area contributed by atoms with E-state index in [0.29, 0.717) is 25.0 Å². The van der Waals surface area contributed by atoms with E-state index in [9.17, 15) is 14.0 Å². The van der Waals surface area contributed by atoms with Crippen LogP contribution in [0.2, 0.25) is 5.02 Å². The average molecular weight is 410 g/mol. The fraction of sp³-hybridized carbons (Fsp3) is 0.389. The Labute approximate surface area is 164 Å². The quantitative estimate of drug-likeness (QED) is 0.768. The largest absolute Gasteiger partial charge is 0.484 e. The smallest absolute Gasteiger partial charge is 0.271 e. The Morgan fingerprint density at radius 1 is 1.30 bits per heavy atom. The van der Waals surface area contributed by atoms with Gasteiger partial charge in [0.2, 0.25) is 0 Å². The molecule has 6 nitrogen and oxygen atoms in total. The first-order chi connectivity index (χ1) is 12.8. The van der Waals surface area contributed by atoms with Gasteiger partial charge in [0.15, 0.2) is 6.61 Å². The Morgan fingerprint density at radius 2 is 2.00 bits per heavy atom. The number of hydrogen-bond donors (Lipinski definition) is 2. The molecular formula is C18H17ClFN3O3S. The number of benzene rings is 1. The van der Waals surface area contributed by atoms with Gasteiger partial charge in [-0.15, -0.1) is 11.3 Å². The van der Waals surface area contributed by atoms with E-state index in [1.807, 2.05) is 6.92 Å². The molecule has 0 radical (unpaired) electrons. The van der Waals surface area contributed by atoms with E-state index in [2.05, 4.69) is 15.6 Å². The second-order valence-electron chi connectivity index (χ2n) is 7.21. The van der Waals surface area contributed by atoms with Crippen molar-refractivity contribution in [3.63, 3.8) is 0 Å². The number of amides is 2. The first kappa shape index (κ1) is 18.2. The first-order valence-corrected chi connectivity index (χ1v) is 9.68. The molecule has 1 aromatic carbocycles. The van der Waals surface area contributed by atoms with Crippen LogP contribution < -0.4 is 15.4 Å². The Kier molecular flexibility index (Phi) is 4.35. The van der Waals surface area contributed by atoms with E-state index in [4.69, 9.17) is 16.3 Å². The van der Waals surface area contributed by atoms with Crippen molar-refractivity contribution in [3.8, 4) is 5.75 Å². The number of aryl methyl sites for hydroxylation is 1. The lowest BCUT2D eigenvalue weighted by Gasteiger charge is -2.70. The summed E-state index contributed by atoms with van der Waals surface area (Å²) in [5.41, 5.74) is -0.0946. The summed E-state index contributed by atoms with van der Waals surface area (Å²) in [5.74, 6) is -0.805. The molecule has 3 aliphatic carbocycles. The number of nitrogens with zero attached hydrogens (tertiary/aromatic N) is 1. The Hall–Kier alpha value is -2.19. The minimum atomic E-state index is -0.595. The second kappa shape index (κ2) is 6.45. The number of rotatable bonds is 6. The normalized spacial score (nSPS) is 25.1. The van der Waals surface area contributed by atoms with Crippen molar-refractivity contribution < 1.29 is 18.7 Å². The summed E-state index contributed by atoms with van der Waals surface area (Å²) in [5, 5.41) is 8.56. The number of ether oxygens (including phenoxy) is 1. The molecule has 0 unspecified atom stereocenters. The van der Waals surface area contributed by atoms with Crippen LogP contribution in [-0.4, -0.2) is 34.5 Å². The number of carbonyl (C=O) groups is 2. The lowest BCUT2D eigenvalue weighted by atomic mass is 9.44. The summed E-state index contributed by atoms with van der Waals surface area (Å²) < 4.78 is 18.7. The van der Waals surface area contributed by atoms with E-state index >= 15 is 0 Å². The SMILES string of the molecule is Cc1nc(C(=O)NC23CC(NC(=O)COc4ccc(Cl)c(F)c4)(C2)C3)cs1. The summed E-state index contributed by atoms with van der Waals surface area (Å²) in [6.45, 7) is 1.65. The lowest BCUT2D eigenvalue weighted by Crippen LogP contribution is -2.84. The van der Waals surface area contributed by atoms with Crippen LogP contribution in [0.15, 0.2) is 23.6 Å². The summed E-state index contributed by atoms with van der Waals surface area (Å²) in [4.78, 5) is 28.5. The fourth-order valence-electron chi connectivity index (χ4n) is 3.87. The highest BCUT2D eigenvalue weighted by atomic mass is 35.5. The molecular weight excluding hydrogens is 393 g/mol. The molecule has 0 spiro atoms. The van der Waals surface area contributed by atoms with Gasteiger partial charge in [-0.25, -0.2) is 9.37 Å². The fourth-order valence-corrected chi connectivity index (χ4v) is 4.58. The molecule has 9 heteroatoms. The van der Waals surface area contributed by atoms with Gasteiger partial charge < -0.3 is 15.4 Å². The van der Waals surface area contributed by atoms with Crippen LogP contribution in [0.3, 0.4) is 0 Å². The highest BCUT2D eigenvalue weighted by Gasteiger charge is 2.69. The summed E-state index contributed by atoms with van der Waals surface area (Å²) in [6.07, 6.45) is 2.07. The summed E-state index contributed by atoms with van der Waals surface area (Å²) in [6, 6.07) is 4.02. The lowest BCUT2D eigenvalue weighted by molar-refractivity contribution is -0.141. The third kappa shape index (κ3) is 3.51. The zero-order valence-corrected chi connectivity index (χ0v) is 16.0. The highest BCUT2D eigenvalue weighted by molar-refractivity contribution is 7.09. The van der Waals surface area contributed by atoms with Gasteiger partial charge in [0, 0.05) is 22.5 Å². The number of carbonyl (C=O) groups excluding carboxylic acids is 2. The maximum absolute atomic E-state index is 13.4. The van der Waals surface area contributed by atoms with E-state index in [1.54, 1.807) is 5.38 Å². The van der Waals surface area contributed by atoms with Crippen LogP contribution in [0.25, 0.3) is 0 Å². The molecule has 2 aromatic rings. The Bertz CT molecular complexity index is 913. The predicted octanol–water partition coefficient (Wildman–Crippen LogP) is 2.84. The van der Waals surface area contributed by atoms with Crippen molar-refractivity contribution in [2.45, 2.75) is 37.3 Å². The molecule has 2 N–H and O–H groups in total. The van der Waals surface area contributed by atoms with Gasteiger partial charge in [0.05, 0.1) is 10.0 Å². The highest BCUT2D eigenvalue weighted by Crippen LogP contribution is 2.60. The third-order valence-corrected chi connectivity index (χ3v) is 6.01. The van der Waals surface area contributed by atoms with Gasteiger partial charge in [-0.3, -0.25) is 9.59 Å². The summed E-state index contributed by atoms with van der Waals surface area (Å²) in [7, 11) is 0. The van der Waals surface area contributed by atoms with Crippen molar-refractivity contribution in [2.24, 2.45) is 0 Å². The number of aromatic nitrogens is 1. The van der Waals surface area contributed by atoms with E-state index in [0.717, 1.165) is 11.1 Å². The van der Waals surface area contributed by atoms with Crippen LogP contribution in [0.5, 0.6) is 5.75 Å². The first-order valence-electron chi connectivity index (χ1n) is 8.42. The molecule has 2 bridgehead atoms. The predicted molar refractivity (Wildman–Crippen MR) is 98.7 cm³/mol. The molecule has 3 saturated carbocycles. The van der Waals surface area contributed by atoms with Crippen molar-refractivity contribution in [1.29, 1.82) is 0 Å². The maximum Gasteiger partial charge on any atom is 0.271 e. The van der Waals surface area contributed by atoms with Crippen molar-refractivity contribution in [2.75, 3.05) is 6.61 Å².